The maximum Gasteiger partial charge on any atom is 0.355 e. The molecule has 0 aromatic carbocycles. The van der Waals surface area contributed by atoms with Crippen molar-refractivity contribution in [2.75, 3.05) is 0 Å². The zero-order chi connectivity index (χ0) is 14.8. The van der Waals surface area contributed by atoms with Crippen molar-refractivity contribution in [2.24, 2.45) is 0 Å². The van der Waals surface area contributed by atoms with Gasteiger partial charge in [0.2, 0.25) is 10.0 Å². The van der Waals surface area contributed by atoms with Gasteiger partial charge in [-0.05, 0) is 12.1 Å². The molecule has 0 aliphatic heterocycles. The lowest BCUT2D eigenvalue weighted by Crippen LogP contribution is -2.23. The number of thiazole rings is 1. The van der Waals surface area contributed by atoms with Gasteiger partial charge in [-0.25, -0.2) is 27.9 Å². The second-order valence-electron chi connectivity index (χ2n) is 3.55. The molecule has 0 aliphatic carbocycles. The highest BCUT2D eigenvalue weighted by atomic mass is 35.5. The van der Waals surface area contributed by atoms with Crippen LogP contribution in [0.25, 0.3) is 0 Å². The Kier molecular flexibility index (Phi) is 4.33. The number of aromatic nitrogens is 2. The monoisotopic (exact) mass is 333 g/mol. The number of carbonyl (C=O) groups is 1. The minimum Gasteiger partial charge on any atom is -0.476 e. The highest BCUT2D eigenvalue weighted by Crippen LogP contribution is 2.18. The van der Waals surface area contributed by atoms with E-state index in [0.717, 1.165) is 11.3 Å². The van der Waals surface area contributed by atoms with Gasteiger partial charge in [-0.1, -0.05) is 11.6 Å². The van der Waals surface area contributed by atoms with Gasteiger partial charge < -0.3 is 5.11 Å². The highest BCUT2D eigenvalue weighted by molar-refractivity contribution is 7.89. The van der Waals surface area contributed by atoms with Crippen LogP contribution in [-0.4, -0.2) is 29.5 Å². The number of aromatic carboxylic acids is 1. The molecule has 10 heteroatoms. The Morgan fingerprint density at radius 3 is 2.85 bits per heavy atom. The number of halogens is 1. The number of rotatable bonds is 5. The van der Waals surface area contributed by atoms with E-state index < -0.39 is 16.0 Å². The molecule has 0 radical (unpaired) electrons. The Hall–Kier alpha value is -1.55. The standard InChI is InChI=1S/C10H8ClN3O4S2/c11-9-7(2-1-3-12-9)20(17,18)13-4-8-14-6(5-19-8)10(15)16/h1-3,5,13H,4H2,(H,15,16). The van der Waals surface area contributed by atoms with Crippen molar-refractivity contribution >= 4 is 38.9 Å². The molecule has 2 N–H and O–H groups in total. The van der Waals surface area contributed by atoms with Crippen LogP contribution >= 0.6 is 22.9 Å². The van der Waals surface area contributed by atoms with E-state index in [1.54, 1.807) is 0 Å². The number of hydrogen-bond donors (Lipinski definition) is 2. The third-order valence-corrected chi connectivity index (χ3v) is 4.89. The number of nitrogens with one attached hydrogen (secondary N) is 1. The molecule has 0 aliphatic rings. The Labute approximate surface area is 123 Å². The number of carboxylic acid groups (broad SMARTS) is 1. The van der Waals surface area contributed by atoms with E-state index in [4.69, 9.17) is 16.7 Å². The summed E-state index contributed by atoms with van der Waals surface area (Å²) in [4.78, 5) is 18.0. The van der Waals surface area contributed by atoms with Gasteiger partial charge in [0.05, 0.1) is 6.54 Å². The van der Waals surface area contributed by atoms with E-state index in [1.165, 1.54) is 23.7 Å². The van der Waals surface area contributed by atoms with E-state index in [1.807, 2.05) is 0 Å². The van der Waals surface area contributed by atoms with Crippen LogP contribution in [0.15, 0.2) is 28.6 Å². The summed E-state index contributed by atoms with van der Waals surface area (Å²) in [6.45, 7) is -0.120. The van der Waals surface area contributed by atoms with E-state index in [0.29, 0.717) is 5.01 Å². The molecule has 2 rings (SSSR count). The third-order valence-electron chi connectivity index (χ3n) is 2.20. The summed E-state index contributed by atoms with van der Waals surface area (Å²) in [7, 11) is -3.83. The average molecular weight is 334 g/mol. The van der Waals surface area contributed by atoms with Gasteiger partial charge in [0.25, 0.3) is 0 Å². The normalized spacial score (nSPS) is 11.4. The van der Waals surface area contributed by atoms with Gasteiger partial charge in [0.1, 0.15) is 15.1 Å². The third kappa shape index (κ3) is 3.31. The molecule has 2 heterocycles. The summed E-state index contributed by atoms with van der Waals surface area (Å²) in [6.07, 6.45) is 1.38. The molecule has 2 aromatic rings. The summed E-state index contributed by atoms with van der Waals surface area (Å²) in [5.41, 5.74) is -0.122. The lowest BCUT2D eigenvalue weighted by atomic mass is 10.5. The van der Waals surface area contributed by atoms with E-state index in [9.17, 15) is 13.2 Å². The lowest BCUT2D eigenvalue weighted by Gasteiger charge is -2.05. The van der Waals surface area contributed by atoms with Crippen LogP contribution in [0.2, 0.25) is 5.15 Å². The van der Waals surface area contributed by atoms with Crippen molar-refractivity contribution in [3.63, 3.8) is 0 Å². The molecule has 0 unspecified atom stereocenters. The van der Waals surface area contributed by atoms with E-state index in [-0.39, 0.29) is 22.3 Å². The fourth-order valence-corrected chi connectivity index (χ4v) is 3.53. The minimum absolute atomic E-state index is 0.120. The molecule has 7 nitrogen and oxygen atoms in total. The predicted molar refractivity (Wildman–Crippen MR) is 72.3 cm³/mol. The molecule has 106 valence electrons. The largest absolute Gasteiger partial charge is 0.476 e. The quantitative estimate of drug-likeness (QED) is 0.800. The van der Waals surface area contributed by atoms with Crippen molar-refractivity contribution < 1.29 is 18.3 Å². The van der Waals surface area contributed by atoms with Crippen molar-refractivity contribution in [2.45, 2.75) is 11.4 Å². The van der Waals surface area contributed by atoms with Crippen LogP contribution < -0.4 is 4.72 Å². The molecule has 0 saturated carbocycles. The summed E-state index contributed by atoms with van der Waals surface area (Å²) >= 11 is 6.77. The Balaban J connectivity index is 2.13. The maximum absolute atomic E-state index is 12.0. The first-order valence-electron chi connectivity index (χ1n) is 5.18. The van der Waals surface area contributed by atoms with Crippen LogP contribution in [0.3, 0.4) is 0 Å². The van der Waals surface area contributed by atoms with Crippen LogP contribution in [-0.2, 0) is 16.6 Å². The van der Waals surface area contributed by atoms with Gasteiger partial charge in [-0.3, -0.25) is 0 Å². The number of pyridine rings is 1. The molecular weight excluding hydrogens is 326 g/mol. The Morgan fingerprint density at radius 1 is 1.50 bits per heavy atom. The second kappa shape index (κ2) is 5.83. The fourth-order valence-electron chi connectivity index (χ4n) is 1.30. The molecule has 0 saturated heterocycles. The van der Waals surface area contributed by atoms with Crippen molar-refractivity contribution in [1.82, 2.24) is 14.7 Å². The Morgan fingerprint density at radius 2 is 2.25 bits per heavy atom. The zero-order valence-electron chi connectivity index (χ0n) is 9.78. The number of sulfonamides is 1. The SMILES string of the molecule is O=C(O)c1csc(CNS(=O)(=O)c2cccnc2Cl)n1. The van der Waals surface area contributed by atoms with E-state index in [2.05, 4.69) is 14.7 Å². The van der Waals surface area contributed by atoms with Crippen LogP contribution in [0.1, 0.15) is 15.5 Å². The van der Waals surface area contributed by atoms with Crippen LogP contribution in [0.5, 0.6) is 0 Å². The molecule has 0 amide bonds. The number of nitrogens with zero attached hydrogens (tertiary/aromatic N) is 2. The molecule has 20 heavy (non-hydrogen) atoms. The summed E-state index contributed by atoms with van der Waals surface area (Å²) in [6, 6.07) is 2.77. The highest BCUT2D eigenvalue weighted by Gasteiger charge is 2.19. The number of carboxylic acids is 1. The van der Waals surface area contributed by atoms with Crippen molar-refractivity contribution in [1.29, 1.82) is 0 Å². The summed E-state index contributed by atoms with van der Waals surface area (Å²) in [5.74, 6) is -1.16. The summed E-state index contributed by atoms with van der Waals surface area (Å²) in [5, 5.41) is 10.3. The van der Waals surface area contributed by atoms with Gasteiger partial charge in [0, 0.05) is 11.6 Å². The zero-order valence-corrected chi connectivity index (χ0v) is 12.2. The van der Waals surface area contributed by atoms with Crippen LogP contribution in [0, 0.1) is 0 Å². The van der Waals surface area contributed by atoms with E-state index >= 15 is 0 Å². The first-order valence-corrected chi connectivity index (χ1v) is 7.92. The smallest absolute Gasteiger partial charge is 0.355 e. The lowest BCUT2D eigenvalue weighted by molar-refractivity contribution is 0.0691. The average Bonchev–Trinajstić information content (AvgIpc) is 2.86. The summed E-state index contributed by atoms with van der Waals surface area (Å²) < 4.78 is 26.3. The van der Waals surface area contributed by atoms with Crippen molar-refractivity contribution in [3.05, 3.63) is 39.6 Å². The molecule has 0 atom stereocenters. The van der Waals surface area contributed by atoms with Gasteiger partial charge in [-0.2, -0.15) is 0 Å². The van der Waals surface area contributed by atoms with Gasteiger partial charge in [0.15, 0.2) is 5.69 Å². The van der Waals surface area contributed by atoms with Gasteiger partial charge in [-0.15, -0.1) is 11.3 Å². The molecular formula is C10H8ClN3O4S2. The molecule has 2 aromatic heterocycles. The number of hydrogen-bond acceptors (Lipinski definition) is 6. The topological polar surface area (TPSA) is 109 Å². The van der Waals surface area contributed by atoms with Gasteiger partial charge >= 0.3 is 5.97 Å². The molecule has 0 spiro atoms. The fraction of sp³-hybridized carbons (Fsp3) is 0.100. The second-order valence-corrected chi connectivity index (χ2v) is 6.58. The predicted octanol–water partition coefficient (Wildman–Crippen LogP) is 1.37. The van der Waals surface area contributed by atoms with Crippen molar-refractivity contribution in [3.8, 4) is 0 Å². The first kappa shape index (κ1) is 14.9. The minimum atomic E-state index is -3.83. The maximum atomic E-state index is 12.0. The molecule has 0 fully saturated rings. The Bertz CT molecular complexity index is 744. The van der Waals surface area contributed by atoms with Crippen LogP contribution in [0.4, 0.5) is 0 Å². The molecule has 0 bridgehead atoms. The first-order chi connectivity index (χ1) is 9.40.